The van der Waals surface area contributed by atoms with Crippen LogP contribution < -0.4 is 5.73 Å². The second kappa shape index (κ2) is 8.40. The maximum Gasteiger partial charge on any atom is 0.226 e. The van der Waals surface area contributed by atoms with Gasteiger partial charge in [-0.1, -0.05) is 44.2 Å². The number of hydrogen-bond donors (Lipinski definition) is 1. The molecule has 2 N–H and O–H groups in total. The second-order valence-electron chi connectivity index (χ2n) is 6.31. The van der Waals surface area contributed by atoms with E-state index in [1.807, 2.05) is 0 Å². The van der Waals surface area contributed by atoms with Gasteiger partial charge in [-0.3, -0.25) is 0 Å². The minimum atomic E-state index is 0.522. The molecule has 1 aromatic rings. The Bertz CT molecular complexity index is 370. The Morgan fingerprint density at radius 3 is 2.55 bits per heavy atom. The fourth-order valence-corrected chi connectivity index (χ4v) is 3.05. The summed E-state index contributed by atoms with van der Waals surface area (Å²) in [5.41, 5.74) is 5.58. The Balaban J connectivity index is 1.84. The smallest absolute Gasteiger partial charge is 0.226 e. The number of aromatic nitrogens is 2. The van der Waals surface area contributed by atoms with Crippen molar-refractivity contribution >= 4 is 0 Å². The van der Waals surface area contributed by atoms with Crippen LogP contribution in [0.25, 0.3) is 0 Å². The van der Waals surface area contributed by atoms with Gasteiger partial charge in [0, 0.05) is 12.3 Å². The van der Waals surface area contributed by atoms with Crippen LogP contribution in [0.2, 0.25) is 0 Å². The highest BCUT2D eigenvalue weighted by atomic mass is 16.5. The van der Waals surface area contributed by atoms with Gasteiger partial charge in [0.1, 0.15) is 0 Å². The summed E-state index contributed by atoms with van der Waals surface area (Å²) in [5, 5.41) is 4.23. The first-order valence-corrected chi connectivity index (χ1v) is 8.32. The van der Waals surface area contributed by atoms with Crippen molar-refractivity contribution < 1.29 is 4.52 Å². The molecule has 1 aliphatic rings. The molecule has 0 spiro atoms. The van der Waals surface area contributed by atoms with Gasteiger partial charge in [-0.2, -0.15) is 4.98 Å². The lowest BCUT2D eigenvalue weighted by Gasteiger charge is -2.15. The number of aryl methyl sites for hydroxylation is 1. The summed E-state index contributed by atoms with van der Waals surface area (Å²) in [6.07, 6.45) is 12.2. The molecule has 1 heterocycles. The fraction of sp³-hybridized carbons (Fsp3) is 0.875. The van der Waals surface area contributed by atoms with E-state index in [0.717, 1.165) is 37.5 Å². The van der Waals surface area contributed by atoms with E-state index in [1.54, 1.807) is 0 Å². The van der Waals surface area contributed by atoms with Gasteiger partial charge in [0.15, 0.2) is 5.82 Å². The van der Waals surface area contributed by atoms with Gasteiger partial charge in [-0.15, -0.1) is 0 Å². The normalized spacial score (nSPS) is 19.5. The summed E-state index contributed by atoms with van der Waals surface area (Å²) in [6, 6.07) is 0. The summed E-state index contributed by atoms with van der Waals surface area (Å²) >= 11 is 0. The van der Waals surface area contributed by atoms with Crippen molar-refractivity contribution in [3.63, 3.8) is 0 Å². The van der Waals surface area contributed by atoms with Crippen molar-refractivity contribution in [1.82, 2.24) is 10.1 Å². The molecule has 1 atom stereocenters. The van der Waals surface area contributed by atoms with Gasteiger partial charge in [0.25, 0.3) is 0 Å². The molecule has 20 heavy (non-hydrogen) atoms. The number of nitrogens with zero attached hydrogens (tertiary/aromatic N) is 2. The largest absolute Gasteiger partial charge is 0.339 e. The molecule has 1 aliphatic carbocycles. The Morgan fingerprint density at radius 2 is 1.85 bits per heavy atom. The molecule has 4 heteroatoms. The average Bonchev–Trinajstić information content (AvgIpc) is 2.85. The highest BCUT2D eigenvalue weighted by Gasteiger charge is 2.19. The molecule has 114 valence electrons. The first-order chi connectivity index (χ1) is 9.79. The lowest BCUT2D eigenvalue weighted by molar-refractivity contribution is 0.350. The van der Waals surface area contributed by atoms with Crippen LogP contribution in [0.5, 0.6) is 0 Å². The molecule has 0 bridgehead atoms. The van der Waals surface area contributed by atoms with Gasteiger partial charge in [0.2, 0.25) is 5.89 Å². The molecule has 2 rings (SSSR count). The van der Waals surface area contributed by atoms with Crippen LogP contribution in [0, 0.1) is 5.92 Å². The summed E-state index contributed by atoms with van der Waals surface area (Å²) < 4.78 is 5.43. The van der Waals surface area contributed by atoms with E-state index < -0.39 is 0 Å². The van der Waals surface area contributed by atoms with E-state index in [0.29, 0.717) is 11.8 Å². The summed E-state index contributed by atoms with van der Waals surface area (Å²) in [4.78, 5) is 4.63. The van der Waals surface area contributed by atoms with Crippen molar-refractivity contribution in [3.8, 4) is 0 Å². The molecule has 1 unspecified atom stereocenters. The SMILES string of the molecule is CC(CCN)CCc1nc(C2CCCCCCC2)no1. The van der Waals surface area contributed by atoms with Crippen molar-refractivity contribution in [3.05, 3.63) is 11.7 Å². The zero-order valence-corrected chi connectivity index (χ0v) is 12.8. The molecular formula is C16H29N3O. The van der Waals surface area contributed by atoms with Gasteiger partial charge < -0.3 is 10.3 Å². The van der Waals surface area contributed by atoms with Gasteiger partial charge in [-0.05, 0) is 38.1 Å². The second-order valence-corrected chi connectivity index (χ2v) is 6.31. The van der Waals surface area contributed by atoms with Gasteiger partial charge >= 0.3 is 0 Å². The molecule has 0 aromatic carbocycles. The van der Waals surface area contributed by atoms with Crippen LogP contribution in [-0.4, -0.2) is 16.7 Å². The maximum atomic E-state index is 5.58. The van der Waals surface area contributed by atoms with Crippen molar-refractivity contribution in [2.45, 2.75) is 77.0 Å². The maximum absolute atomic E-state index is 5.58. The summed E-state index contributed by atoms with van der Waals surface area (Å²) in [5.74, 6) is 2.92. The average molecular weight is 279 g/mol. The van der Waals surface area contributed by atoms with Gasteiger partial charge in [0.05, 0.1) is 0 Å². The Labute approximate surface area is 122 Å². The predicted molar refractivity (Wildman–Crippen MR) is 80.5 cm³/mol. The lowest BCUT2D eigenvalue weighted by Crippen LogP contribution is -2.07. The Hall–Kier alpha value is -0.900. The van der Waals surface area contributed by atoms with Gasteiger partial charge in [-0.25, -0.2) is 0 Å². The molecule has 0 amide bonds. The molecule has 1 fully saturated rings. The van der Waals surface area contributed by atoms with E-state index >= 15 is 0 Å². The van der Waals surface area contributed by atoms with E-state index in [-0.39, 0.29) is 0 Å². The van der Waals surface area contributed by atoms with Crippen LogP contribution in [0.3, 0.4) is 0 Å². The lowest BCUT2D eigenvalue weighted by atomic mass is 9.91. The number of rotatable bonds is 6. The molecule has 0 saturated heterocycles. The summed E-state index contributed by atoms with van der Waals surface area (Å²) in [6.45, 7) is 3.00. The van der Waals surface area contributed by atoms with Crippen LogP contribution in [-0.2, 0) is 6.42 Å². The number of hydrogen-bond acceptors (Lipinski definition) is 4. The molecule has 1 aromatic heterocycles. The monoisotopic (exact) mass is 279 g/mol. The third-order valence-corrected chi connectivity index (χ3v) is 4.46. The molecule has 1 saturated carbocycles. The first kappa shape index (κ1) is 15.5. The molecular weight excluding hydrogens is 250 g/mol. The molecule has 0 radical (unpaired) electrons. The quantitative estimate of drug-likeness (QED) is 0.859. The fourth-order valence-electron chi connectivity index (χ4n) is 3.05. The first-order valence-electron chi connectivity index (χ1n) is 8.32. The topological polar surface area (TPSA) is 64.9 Å². The Morgan fingerprint density at radius 1 is 1.15 bits per heavy atom. The Kier molecular flexibility index (Phi) is 6.51. The van der Waals surface area contributed by atoms with Crippen LogP contribution in [0.15, 0.2) is 4.52 Å². The van der Waals surface area contributed by atoms with Crippen LogP contribution >= 0.6 is 0 Å². The third kappa shape index (κ3) is 4.89. The van der Waals surface area contributed by atoms with Crippen molar-refractivity contribution in [2.75, 3.05) is 6.54 Å². The van der Waals surface area contributed by atoms with Crippen LogP contribution in [0.1, 0.15) is 82.3 Å². The minimum Gasteiger partial charge on any atom is -0.339 e. The van der Waals surface area contributed by atoms with E-state index in [2.05, 4.69) is 17.1 Å². The summed E-state index contributed by atoms with van der Waals surface area (Å²) in [7, 11) is 0. The van der Waals surface area contributed by atoms with Crippen LogP contribution in [0.4, 0.5) is 0 Å². The standard InChI is InChI=1S/C16H29N3O/c1-13(11-12-17)9-10-15-18-16(19-20-15)14-7-5-3-2-4-6-8-14/h13-14H,2-12,17H2,1H3. The van der Waals surface area contributed by atoms with E-state index in [4.69, 9.17) is 10.3 Å². The molecule has 0 aliphatic heterocycles. The zero-order valence-electron chi connectivity index (χ0n) is 12.8. The minimum absolute atomic E-state index is 0.522. The zero-order chi connectivity index (χ0) is 14.2. The van der Waals surface area contributed by atoms with E-state index in [1.165, 1.54) is 44.9 Å². The third-order valence-electron chi connectivity index (χ3n) is 4.46. The molecule has 4 nitrogen and oxygen atoms in total. The highest BCUT2D eigenvalue weighted by Crippen LogP contribution is 2.29. The van der Waals surface area contributed by atoms with E-state index in [9.17, 15) is 0 Å². The highest BCUT2D eigenvalue weighted by molar-refractivity contribution is 4.96. The number of nitrogens with two attached hydrogens (primary N) is 1. The van der Waals surface area contributed by atoms with Crippen molar-refractivity contribution in [1.29, 1.82) is 0 Å². The predicted octanol–water partition coefficient (Wildman–Crippen LogP) is 3.82. The van der Waals surface area contributed by atoms with Crippen molar-refractivity contribution in [2.24, 2.45) is 11.7 Å².